The predicted molar refractivity (Wildman–Crippen MR) is 127 cm³/mol. The van der Waals surface area contributed by atoms with Crippen LogP contribution in [0.3, 0.4) is 0 Å². The molecule has 0 radical (unpaired) electrons. The number of rotatable bonds is 14. The number of carboxylic acids is 1. The highest BCUT2D eigenvalue weighted by atomic mass is 19.1. The van der Waals surface area contributed by atoms with Crippen LogP contribution >= 0.6 is 0 Å². The van der Waals surface area contributed by atoms with Gasteiger partial charge in [0.1, 0.15) is 17.9 Å². The lowest BCUT2D eigenvalue weighted by atomic mass is 10.1. The molecule has 10 heteroatoms. The van der Waals surface area contributed by atoms with Crippen LogP contribution in [0.4, 0.5) is 16.2 Å². The van der Waals surface area contributed by atoms with E-state index in [0.717, 1.165) is 56.7 Å². The van der Waals surface area contributed by atoms with Crippen LogP contribution in [0.25, 0.3) is 0 Å². The first-order chi connectivity index (χ1) is 16.6. The number of nitrogens with zero attached hydrogens (tertiary/aromatic N) is 5. The lowest BCUT2D eigenvalue weighted by Gasteiger charge is -2.24. The summed E-state index contributed by atoms with van der Waals surface area (Å²) in [5.74, 6) is 0.158. The molecule has 2 aromatic heterocycles. The Hall–Kier alpha value is -3.32. The van der Waals surface area contributed by atoms with Crippen molar-refractivity contribution in [1.82, 2.24) is 19.9 Å². The third-order valence-electron chi connectivity index (χ3n) is 5.83. The maximum absolute atomic E-state index is 12.8. The molecule has 0 aliphatic carbocycles. The summed E-state index contributed by atoms with van der Waals surface area (Å²) in [5.41, 5.74) is 2.65. The molecule has 0 fully saturated rings. The van der Waals surface area contributed by atoms with Crippen molar-refractivity contribution < 1.29 is 14.3 Å². The van der Waals surface area contributed by atoms with Crippen molar-refractivity contribution in [3.63, 3.8) is 0 Å². The number of carboxylic acid groups (broad SMARTS) is 1. The van der Waals surface area contributed by atoms with Gasteiger partial charge in [-0.2, -0.15) is 5.26 Å². The number of hydrogen-bond donors (Lipinski definition) is 3. The molecule has 0 saturated carbocycles. The number of aliphatic carboxylic acids is 1. The smallest absolute Gasteiger partial charge is 0.326 e. The second-order valence-electron chi connectivity index (χ2n) is 8.41. The molecule has 34 heavy (non-hydrogen) atoms. The number of unbranched alkanes of at least 4 members (excludes halogenated alkanes) is 1. The Bertz CT molecular complexity index is 965. The molecule has 182 valence electrons. The van der Waals surface area contributed by atoms with E-state index in [4.69, 9.17) is 10.2 Å². The van der Waals surface area contributed by atoms with Gasteiger partial charge >= 0.3 is 5.97 Å². The Morgan fingerprint density at radius 2 is 2.03 bits per heavy atom. The van der Waals surface area contributed by atoms with Crippen LogP contribution in [0.5, 0.6) is 0 Å². The summed E-state index contributed by atoms with van der Waals surface area (Å²) < 4.78 is 12.8. The Morgan fingerprint density at radius 3 is 2.76 bits per heavy atom. The van der Waals surface area contributed by atoms with Crippen molar-refractivity contribution in [2.45, 2.75) is 51.0 Å². The zero-order chi connectivity index (χ0) is 24.2. The largest absolute Gasteiger partial charge is 0.480 e. The summed E-state index contributed by atoms with van der Waals surface area (Å²) in [6.45, 7) is 2.43. The van der Waals surface area contributed by atoms with Gasteiger partial charge in [-0.15, -0.1) is 0 Å². The average Bonchev–Trinajstić information content (AvgIpc) is 2.86. The van der Waals surface area contributed by atoms with Gasteiger partial charge in [0.25, 0.3) is 0 Å². The second-order valence-corrected chi connectivity index (χ2v) is 8.41. The van der Waals surface area contributed by atoms with Crippen molar-refractivity contribution in [2.24, 2.45) is 0 Å². The van der Waals surface area contributed by atoms with E-state index in [9.17, 15) is 14.3 Å². The highest BCUT2D eigenvalue weighted by molar-refractivity contribution is 5.76. The van der Waals surface area contributed by atoms with Gasteiger partial charge in [0.05, 0.1) is 24.6 Å². The molecule has 1 aliphatic rings. The third kappa shape index (κ3) is 7.92. The molecule has 9 nitrogen and oxygen atoms in total. The number of anilines is 2. The summed E-state index contributed by atoms with van der Waals surface area (Å²) in [5, 5.41) is 24.6. The second kappa shape index (κ2) is 13.4. The predicted octanol–water partition coefficient (Wildman–Crippen LogP) is 3.04. The van der Waals surface area contributed by atoms with Crippen LogP contribution in [0, 0.1) is 11.3 Å². The van der Waals surface area contributed by atoms with Gasteiger partial charge in [-0.05, 0) is 63.1 Å². The van der Waals surface area contributed by atoms with Crippen molar-refractivity contribution in [3.05, 3.63) is 41.3 Å². The summed E-state index contributed by atoms with van der Waals surface area (Å²) in [4.78, 5) is 26.5. The fourth-order valence-electron chi connectivity index (χ4n) is 3.95. The van der Waals surface area contributed by atoms with Gasteiger partial charge in [0.15, 0.2) is 0 Å². The summed E-state index contributed by atoms with van der Waals surface area (Å²) in [7, 11) is 0. The first-order valence-electron chi connectivity index (χ1n) is 11.8. The molecule has 2 aromatic rings. The highest BCUT2D eigenvalue weighted by Gasteiger charge is 2.20. The van der Waals surface area contributed by atoms with Crippen LogP contribution in [-0.4, -0.2) is 69.8 Å². The number of alkyl halides is 1. The highest BCUT2D eigenvalue weighted by Crippen LogP contribution is 2.20. The van der Waals surface area contributed by atoms with E-state index in [1.165, 1.54) is 18.0 Å². The average molecular weight is 470 g/mol. The third-order valence-corrected chi connectivity index (χ3v) is 5.83. The topological polar surface area (TPSA) is 127 Å². The molecule has 1 aliphatic heterocycles. The van der Waals surface area contributed by atoms with Gasteiger partial charge in [-0.1, -0.05) is 6.07 Å². The SMILES string of the molecule is N#Cc1cnc(N[C@@H](CCN(CCCF)CCCCc2ccc3c(n2)NCCC3)C(=O)O)nc1. The lowest BCUT2D eigenvalue weighted by molar-refractivity contribution is -0.138. The zero-order valence-electron chi connectivity index (χ0n) is 19.3. The molecular formula is C24H32FN7O2. The minimum atomic E-state index is -1.01. The number of halogens is 1. The number of nitrogens with one attached hydrogen (secondary N) is 2. The molecule has 0 saturated heterocycles. The molecule has 3 rings (SSSR count). The minimum Gasteiger partial charge on any atom is -0.480 e. The van der Waals surface area contributed by atoms with Crippen molar-refractivity contribution in [3.8, 4) is 6.07 Å². The van der Waals surface area contributed by atoms with Crippen molar-refractivity contribution in [1.29, 1.82) is 5.26 Å². The number of hydrogen-bond acceptors (Lipinski definition) is 8. The molecule has 3 heterocycles. The zero-order valence-corrected chi connectivity index (χ0v) is 19.3. The monoisotopic (exact) mass is 469 g/mol. The first kappa shape index (κ1) is 25.3. The molecule has 0 bridgehead atoms. The molecule has 1 atom stereocenters. The maximum atomic E-state index is 12.8. The van der Waals surface area contributed by atoms with Crippen LogP contribution in [0.2, 0.25) is 0 Å². The van der Waals surface area contributed by atoms with Gasteiger partial charge < -0.3 is 20.6 Å². The first-order valence-corrected chi connectivity index (χ1v) is 11.8. The number of fused-ring (bicyclic) bond motifs is 1. The van der Waals surface area contributed by atoms with Crippen LogP contribution in [-0.2, 0) is 17.6 Å². The Labute approximate surface area is 199 Å². The van der Waals surface area contributed by atoms with Gasteiger partial charge in [0.2, 0.25) is 5.95 Å². The van der Waals surface area contributed by atoms with E-state index in [0.29, 0.717) is 31.5 Å². The summed E-state index contributed by atoms with van der Waals surface area (Å²) in [6.07, 6.45) is 8.39. The van der Waals surface area contributed by atoms with Gasteiger partial charge in [-0.25, -0.2) is 19.7 Å². The van der Waals surface area contributed by atoms with Crippen LogP contribution in [0.1, 0.15) is 48.9 Å². The molecule has 0 spiro atoms. The Morgan fingerprint density at radius 1 is 1.24 bits per heavy atom. The Kier molecular flexibility index (Phi) is 9.98. The van der Waals surface area contributed by atoms with Crippen molar-refractivity contribution in [2.75, 3.05) is 43.5 Å². The lowest BCUT2D eigenvalue weighted by Crippen LogP contribution is -2.36. The molecule has 0 aromatic carbocycles. The number of aromatic nitrogens is 3. The number of aryl methyl sites for hydroxylation is 2. The van der Waals surface area contributed by atoms with E-state index in [1.54, 1.807) is 0 Å². The van der Waals surface area contributed by atoms with Crippen molar-refractivity contribution >= 4 is 17.7 Å². The number of carbonyl (C=O) groups is 1. The summed E-state index contributed by atoms with van der Waals surface area (Å²) in [6, 6.07) is 5.30. The molecule has 3 N–H and O–H groups in total. The van der Waals surface area contributed by atoms with E-state index in [1.807, 2.05) is 6.07 Å². The fourth-order valence-corrected chi connectivity index (χ4v) is 3.95. The quantitative estimate of drug-likeness (QED) is 0.358. The summed E-state index contributed by atoms with van der Waals surface area (Å²) >= 11 is 0. The fraction of sp³-hybridized carbons (Fsp3) is 0.542. The number of nitriles is 1. The normalized spacial score (nSPS) is 13.6. The van der Waals surface area contributed by atoms with Crippen LogP contribution in [0.15, 0.2) is 24.5 Å². The maximum Gasteiger partial charge on any atom is 0.326 e. The van der Waals surface area contributed by atoms with E-state index >= 15 is 0 Å². The van der Waals surface area contributed by atoms with Crippen LogP contribution < -0.4 is 10.6 Å². The van der Waals surface area contributed by atoms with E-state index in [-0.39, 0.29) is 5.95 Å². The Balaban J connectivity index is 1.46. The standard InChI is InChI=1S/C24H32FN7O2/c25-10-4-13-32(12-2-1-6-20-8-7-19-5-3-11-27-22(19)30-20)14-9-21(23(33)34)31-24-28-16-18(15-26)17-29-24/h7-8,16-17,21H,1-6,9-14H2,(H,27,30)(H,33,34)(H,28,29,31)/t21-/m0/s1. The molecule has 0 unspecified atom stereocenters. The molecular weight excluding hydrogens is 437 g/mol. The molecule has 0 amide bonds. The van der Waals surface area contributed by atoms with E-state index in [2.05, 4.69) is 37.6 Å². The minimum absolute atomic E-state index is 0.161. The number of pyridine rings is 1. The van der Waals surface area contributed by atoms with Gasteiger partial charge in [0, 0.05) is 25.3 Å². The van der Waals surface area contributed by atoms with Gasteiger partial charge in [-0.3, -0.25) is 4.39 Å². The van der Waals surface area contributed by atoms with E-state index < -0.39 is 18.7 Å².